The summed E-state index contributed by atoms with van der Waals surface area (Å²) in [6, 6.07) is 3.48. The molecule has 1 amide bonds. The Hall–Kier alpha value is -1.65. The predicted molar refractivity (Wildman–Crippen MR) is 65.9 cm³/mol. The van der Waals surface area contributed by atoms with E-state index in [4.69, 9.17) is 0 Å². The van der Waals surface area contributed by atoms with Crippen LogP contribution < -0.4 is 10.6 Å². The first kappa shape index (κ1) is 11.8. The second-order valence-electron chi connectivity index (χ2n) is 4.41. The molecule has 17 heavy (non-hydrogen) atoms. The molecule has 0 spiro atoms. The van der Waals surface area contributed by atoms with Crippen LogP contribution in [0, 0.1) is 5.92 Å². The third-order valence-electron chi connectivity index (χ3n) is 3.17. The molecular weight excluding hydrogens is 216 g/mol. The molecule has 1 heterocycles. The van der Waals surface area contributed by atoms with Gasteiger partial charge in [-0.25, -0.2) is 0 Å². The molecule has 2 rings (SSSR count). The van der Waals surface area contributed by atoms with Gasteiger partial charge in [0.1, 0.15) is 5.82 Å². The normalized spacial score (nSPS) is 15.8. The Morgan fingerprint density at radius 3 is 2.71 bits per heavy atom. The fourth-order valence-electron chi connectivity index (χ4n) is 2.14. The van der Waals surface area contributed by atoms with Crippen molar-refractivity contribution in [2.75, 3.05) is 18.9 Å². The summed E-state index contributed by atoms with van der Waals surface area (Å²) >= 11 is 0. The second kappa shape index (κ2) is 5.61. The lowest BCUT2D eigenvalue weighted by Gasteiger charge is -2.10. The van der Waals surface area contributed by atoms with Gasteiger partial charge in [-0.15, -0.1) is 10.2 Å². The smallest absolute Gasteiger partial charge is 0.271 e. The number of nitrogens with one attached hydrogen (secondary N) is 2. The van der Waals surface area contributed by atoms with Crippen LogP contribution in [0.2, 0.25) is 0 Å². The Bertz CT molecular complexity index is 371. The fraction of sp³-hybridized carbons (Fsp3) is 0.583. The first-order chi connectivity index (χ1) is 8.29. The van der Waals surface area contributed by atoms with Crippen LogP contribution in [0.1, 0.15) is 36.2 Å². The van der Waals surface area contributed by atoms with Crippen LogP contribution in [0.4, 0.5) is 5.82 Å². The minimum Gasteiger partial charge on any atom is -0.368 e. The van der Waals surface area contributed by atoms with Crippen molar-refractivity contribution in [1.82, 2.24) is 15.5 Å². The van der Waals surface area contributed by atoms with Gasteiger partial charge in [0.05, 0.1) is 0 Å². The molecule has 5 heteroatoms. The molecule has 1 aliphatic rings. The second-order valence-corrected chi connectivity index (χ2v) is 4.41. The molecule has 1 aromatic rings. The van der Waals surface area contributed by atoms with Gasteiger partial charge >= 0.3 is 0 Å². The quantitative estimate of drug-likeness (QED) is 0.827. The van der Waals surface area contributed by atoms with E-state index in [0.29, 0.717) is 5.69 Å². The van der Waals surface area contributed by atoms with E-state index < -0.39 is 0 Å². The Labute approximate surface area is 101 Å². The molecule has 0 aliphatic heterocycles. The largest absolute Gasteiger partial charge is 0.368 e. The van der Waals surface area contributed by atoms with Gasteiger partial charge in [0.15, 0.2) is 5.69 Å². The average molecular weight is 234 g/mol. The maximum atomic E-state index is 11.3. The monoisotopic (exact) mass is 234 g/mol. The highest BCUT2D eigenvalue weighted by atomic mass is 16.1. The summed E-state index contributed by atoms with van der Waals surface area (Å²) in [6.07, 6.45) is 5.29. The Morgan fingerprint density at radius 2 is 2.12 bits per heavy atom. The zero-order valence-corrected chi connectivity index (χ0v) is 10.1. The van der Waals surface area contributed by atoms with Crippen molar-refractivity contribution in [3.8, 4) is 0 Å². The van der Waals surface area contributed by atoms with Crippen molar-refractivity contribution in [2.24, 2.45) is 5.92 Å². The number of carbonyl (C=O) groups excluding carboxylic acids is 1. The van der Waals surface area contributed by atoms with Gasteiger partial charge < -0.3 is 10.6 Å². The lowest BCUT2D eigenvalue weighted by atomic mass is 10.1. The average Bonchev–Trinajstić information content (AvgIpc) is 2.89. The number of aromatic nitrogens is 2. The number of anilines is 1. The molecule has 1 saturated carbocycles. The van der Waals surface area contributed by atoms with Gasteiger partial charge in [0.25, 0.3) is 5.91 Å². The van der Waals surface area contributed by atoms with E-state index in [2.05, 4.69) is 20.8 Å². The number of hydrogen-bond acceptors (Lipinski definition) is 4. The maximum Gasteiger partial charge on any atom is 0.271 e. The molecule has 1 aliphatic carbocycles. The summed E-state index contributed by atoms with van der Waals surface area (Å²) in [5.41, 5.74) is 0.346. The highest BCUT2D eigenvalue weighted by molar-refractivity contribution is 5.91. The van der Waals surface area contributed by atoms with Gasteiger partial charge in [0, 0.05) is 13.6 Å². The van der Waals surface area contributed by atoms with Gasteiger partial charge in [-0.1, -0.05) is 12.8 Å². The SMILES string of the molecule is CNC(=O)c1ccc(NCC2CCCC2)nn1. The zero-order chi connectivity index (χ0) is 12.1. The van der Waals surface area contributed by atoms with Crippen molar-refractivity contribution in [2.45, 2.75) is 25.7 Å². The summed E-state index contributed by atoms with van der Waals surface area (Å²) in [6.45, 7) is 0.952. The van der Waals surface area contributed by atoms with Gasteiger partial charge in [-0.05, 0) is 30.9 Å². The third kappa shape index (κ3) is 3.15. The molecule has 1 aromatic heterocycles. The Morgan fingerprint density at radius 1 is 1.35 bits per heavy atom. The van der Waals surface area contributed by atoms with E-state index in [0.717, 1.165) is 18.3 Å². The summed E-state index contributed by atoms with van der Waals surface area (Å²) in [7, 11) is 1.58. The van der Waals surface area contributed by atoms with E-state index in [-0.39, 0.29) is 5.91 Å². The van der Waals surface area contributed by atoms with Gasteiger partial charge in [-0.3, -0.25) is 4.79 Å². The molecule has 2 N–H and O–H groups in total. The first-order valence-electron chi connectivity index (χ1n) is 6.09. The molecule has 0 radical (unpaired) electrons. The first-order valence-corrected chi connectivity index (χ1v) is 6.09. The number of carbonyl (C=O) groups is 1. The Kier molecular flexibility index (Phi) is 3.90. The number of hydrogen-bond donors (Lipinski definition) is 2. The topological polar surface area (TPSA) is 66.9 Å². The molecule has 5 nitrogen and oxygen atoms in total. The third-order valence-corrected chi connectivity index (χ3v) is 3.17. The minimum atomic E-state index is -0.208. The molecule has 0 unspecified atom stereocenters. The minimum absolute atomic E-state index is 0.208. The summed E-state index contributed by atoms with van der Waals surface area (Å²) < 4.78 is 0. The molecule has 92 valence electrons. The van der Waals surface area contributed by atoms with Crippen LogP contribution in [0.3, 0.4) is 0 Å². The lowest BCUT2D eigenvalue weighted by molar-refractivity contribution is 0.0957. The fourth-order valence-corrected chi connectivity index (χ4v) is 2.14. The van der Waals surface area contributed by atoms with Gasteiger partial charge in [-0.2, -0.15) is 0 Å². The van der Waals surface area contributed by atoms with Crippen LogP contribution in [-0.4, -0.2) is 29.7 Å². The molecule has 0 bridgehead atoms. The van der Waals surface area contributed by atoms with Crippen LogP contribution in [0.25, 0.3) is 0 Å². The highest BCUT2D eigenvalue weighted by Crippen LogP contribution is 2.24. The van der Waals surface area contributed by atoms with E-state index >= 15 is 0 Å². The van der Waals surface area contributed by atoms with Crippen molar-refractivity contribution < 1.29 is 4.79 Å². The zero-order valence-electron chi connectivity index (χ0n) is 10.1. The number of amides is 1. The van der Waals surface area contributed by atoms with Crippen molar-refractivity contribution in [3.05, 3.63) is 17.8 Å². The van der Waals surface area contributed by atoms with Crippen LogP contribution in [0.15, 0.2) is 12.1 Å². The summed E-state index contributed by atoms with van der Waals surface area (Å²) in [5, 5.41) is 13.6. The van der Waals surface area contributed by atoms with E-state index in [9.17, 15) is 4.79 Å². The van der Waals surface area contributed by atoms with Crippen molar-refractivity contribution in [3.63, 3.8) is 0 Å². The Balaban J connectivity index is 1.87. The predicted octanol–water partition coefficient (Wildman–Crippen LogP) is 1.44. The molecule has 0 atom stereocenters. The lowest BCUT2D eigenvalue weighted by Crippen LogP contribution is -2.20. The van der Waals surface area contributed by atoms with Crippen LogP contribution >= 0.6 is 0 Å². The van der Waals surface area contributed by atoms with E-state index in [1.54, 1.807) is 19.2 Å². The maximum absolute atomic E-state index is 11.3. The number of nitrogens with zero attached hydrogens (tertiary/aromatic N) is 2. The molecule has 0 aromatic carbocycles. The molecule has 0 saturated heterocycles. The summed E-state index contributed by atoms with van der Waals surface area (Å²) in [5.74, 6) is 1.29. The highest BCUT2D eigenvalue weighted by Gasteiger charge is 2.14. The van der Waals surface area contributed by atoms with Gasteiger partial charge in [0.2, 0.25) is 0 Å². The summed E-state index contributed by atoms with van der Waals surface area (Å²) in [4.78, 5) is 11.3. The van der Waals surface area contributed by atoms with Crippen molar-refractivity contribution in [1.29, 1.82) is 0 Å². The van der Waals surface area contributed by atoms with E-state index in [1.165, 1.54) is 25.7 Å². The molecule has 1 fully saturated rings. The van der Waals surface area contributed by atoms with Crippen molar-refractivity contribution >= 4 is 11.7 Å². The van der Waals surface area contributed by atoms with Crippen LogP contribution in [0.5, 0.6) is 0 Å². The van der Waals surface area contributed by atoms with Crippen LogP contribution in [-0.2, 0) is 0 Å². The standard InChI is InChI=1S/C12H18N4O/c1-13-12(17)10-6-7-11(16-15-10)14-8-9-4-2-3-5-9/h6-7,9H,2-5,8H2,1H3,(H,13,17)(H,14,16). The van der Waals surface area contributed by atoms with E-state index in [1.807, 2.05) is 0 Å². The molecular formula is C12H18N4O. The number of rotatable bonds is 4.